The summed E-state index contributed by atoms with van der Waals surface area (Å²) < 4.78 is 4.97. The van der Waals surface area contributed by atoms with E-state index in [9.17, 15) is 14.9 Å². The molecule has 0 aromatic carbocycles. The van der Waals surface area contributed by atoms with Gasteiger partial charge in [0.2, 0.25) is 11.6 Å². The number of hydrazine groups is 1. The summed E-state index contributed by atoms with van der Waals surface area (Å²) in [6.07, 6.45) is 6.71. The summed E-state index contributed by atoms with van der Waals surface area (Å²) in [7, 11) is 0. The summed E-state index contributed by atoms with van der Waals surface area (Å²) in [6, 6.07) is 3.05. The molecule has 10 nitrogen and oxygen atoms in total. The van der Waals surface area contributed by atoms with Crippen molar-refractivity contribution in [1.29, 1.82) is 0 Å². The van der Waals surface area contributed by atoms with Gasteiger partial charge >= 0.3 is 11.6 Å². The van der Waals surface area contributed by atoms with E-state index in [0.717, 1.165) is 25.7 Å². The van der Waals surface area contributed by atoms with Crippen molar-refractivity contribution in [3.05, 3.63) is 40.6 Å². The zero-order valence-electron chi connectivity index (χ0n) is 13.5. The highest BCUT2D eigenvalue weighted by atomic mass is 16.6. The van der Waals surface area contributed by atoms with Crippen LogP contribution in [0.3, 0.4) is 0 Å². The predicted octanol–water partition coefficient (Wildman–Crippen LogP) is 2.12. The van der Waals surface area contributed by atoms with E-state index in [1.54, 1.807) is 6.07 Å². The number of nitrogens with one attached hydrogen (secondary N) is 2. The summed E-state index contributed by atoms with van der Waals surface area (Å²) in [5.74, 6) is -0.290. The van der Waals surface area contributed by atoms with Gasteiger partial charge in [-0.05, 0) is 25.0 Å². The molecule has 0 saturated carbocycles. The predicted molar refractivity (Wildman–Crippen MR) is 89.2 cm³/mol. The van der Waals surface area contributed by atoms with Gasteiger partial charge in [-0.2, -0.15) is 0 Å². The number of furan rings is 1. The average Bonchev–Trinajstić information content (AvgIpc) is 3.02. The molecule has 25 heavy (non-hydrogen) atoms. The number of anilines is 2. The minimum atomic E-state index is -0.561. The van der Waals surface area contributed by atoms with E-state index < -0.39 is 10.8 Å². The molecule has 132 valence electrons. The Morgan fingerprint density at radius 3 is 2.64 bits per heavy atom. The Balaban J connectivity index is 1.82. The lowest BCUT2D eigenvalue weighted by molar-refractivity contribution is -0.383. The van der Waals surface area contributed by atoms with Crippen LogP contribution < -0.4 is 15.8 Å². The first kappa shape index (κ1) is 16.7. The van der Waals surface area contributed by atoms with Gasteiger partial charge in [0.15, 0.2) is 5.76 Å². The average molecular weight is 346 g/mol. The fourth-order valence-electron chi connectivity index (χ4n) is 2.73. The summed E-state index contributed by atoms with van der Waals surface area (Å²) >= 11 is 0. The molecule has 10 heteroatoms. The van der Waals surface area contributed by atoms with E-state index >= 15 is 0 Å². The number of hydrogen-bond donors (Lipinski definition) is 2. The molecule has 1 aliphatic rings. The lowest BCUT2D eigenvalue weighted by atomic mass is 10.2. The van der Waals surface area contributed by atoms with E-state index in [1.807, 2.05) is 4.90 Å². The van der Waals surface area contributed by atoms with Crippen molar-refractivity contribution in [2.24, 2.45) is 0 Å². The van der Waals surface area contributed by atoms with Crippen LogP contribution in [0.25, 0.3) is 0 Å². The zero-order chi connectivity index (χ0) is 17.6. The smallest absolute Gasteiger partial charge is 0.355 e. The fourth-order valence-corrected chi connectivity index (χ4v) is 2.73. The molecule has 2 N–H and O–H groups in total. The standard InChI is InChI=1S/C15H18N6O4/c22-15(11-6-5-9-25-11)19-18-13-12(21(23)24)14(17-10-16-13)20-7-3-1-2-4-8-20/h5-6,9-10H,1-4,7-8H2,(H,19,22)(H,16,17,18). The molecule has 0 unspecified atom stereocenters. The van der Waals surface area contributed by atoms with Gasteiger partial charge in [0.1, 0.15) is 6.33 Å². The van der Waals surface area contributed by atoms with Gasteiger partial charge in [-0.15, -0.1) is 0 Å². The molecule has 1 saturated heterocycles. The van der Waals surface area contributed by atoms with Gasteiger partial charge in [-0.25, -0.2) is 9.97 Å². The van der Waals surface area contributed by atoms with E-state index in [2.05, 4.69) is 20.8 Å². The maximum Gasteiger partial charge on any atom is 0.355 e. The first-order chi connectivity index (χ1) is 12.2. The quantitative estimate of drug-likeness (QED) is 0.622. The first-order valence-corrected chi connectivity index (χ1v) is 8.01. The van der Waals surface area contributed by atoms with Crippen molar-refractivity contribution in [3.63, 3.8) is 0 Å². The zero-order valence-corrected chi connectivity index (χ0v) is 13.5. The summed E-state index contributed by atoms with van der Waals surface area (Å²) in [4.78, 5) is 32.8. The summed E-state index contributed by atoms with van der Waals surface area (Å²) in [5.41, 5.74) is 4.58. The van der Waals surface area contributed by atoms with Crippen molar-refractivity contribution in [1.82, 2.24) is 15.4 Å². The molecule has 2 aromatic heterocycles. The monoisotopic (exact) mass is 346 g/mol. The fraction of sp³-hybridized carbons (Fsp3) is 0.400. The third kappa shape index (κ3) is 3.84. The molecular formula is C15H18N6O4. The van der Waals surface area contributed by atoms with E-state index in [0.29, 0.717) is 13.1 Å². The Bertz CT molecular complexity index is 740. The minimum Gasteiger partial charge on any atom is -0.459 e. The third-order valence-electron chi connectivity index (χ3n) is 3.93. The summed E-state index contributed by atoms with van der Waals surface area (Å²) in [6.45, 7) is 1.41. The van der Waals surface area contributed by atoms with Gasteiger partial charge < -0.3 is 9.32 Å². The molecule has 1 aliphatic heterocycles. The van der Waals surface area contributed by atoms with Crippen LogP contribution >= 0.6 is 0 Å². The second-order valence-electron chi connectivity index (χ2n) is 5.61. The van der Waals surface area contributed by atoms with Crippen LogP contribution in [0.15, 0.2) is 29.1 Å². The second kappa shape index (κ2) is 7.60. The second-order valence-corrected chi connectivity index (χ2v) is 5.61. The van der Waals surface area contributed by atoms with Crippen molar-refractivity contribution >= 4 is 23.2 Å². The van der Waals surface area contributed by atoms with Crippen molar-refractivity contribution in [3.8, 4) is 0 Å². The number of carbonyl (C=O) groups is 1. The first-order valence-electron chi connectivity index (χ1n) is 8.01. The maximum absolute atomic E-state index is 11.9. The van der Waals surface area contributed by atoms with Crippen molar-refractivity contribution in [2.45, 2.75) is 25.7 Å². The molecule has 2 aromatic rings. The van der Waals surface area contributed by atoms with Gasteiger partial charge in [0.25, 0.3) is 0 Å². The SMILES string of the molecule is O=C(NNc1ncnc(N2CCCCCC2)c1[N+](=O)[O-])c1ccco1. The van der Waals surface area contributed by atoms with Gasteiger partial charge in [0, 0.05) is 13.1 Å². The number of hydrogen-bond acceptors (Lipinski definition) is 8. The van der Waals surface area contributed by atoms with Gasteiger partial charge in [-0.3, -0.25) is 25.8 Å². The Kier molecular flexibility index (Phi) is 5.07. The molecule has 0 radical (unpaired) electrons. The summed E-state index contributed by atoms with van der Waals surface area (Å²) in [5, 5.41) is 11.6. The molecule has 1 amide bonds. The highest BCUT2D eigenvalue weighted by Gasteiger charge is 2.27. The van der Waals surface area contributed by atoms with Crippen molar-refractivity contribution in [2.75, 3.05) is 23.4 Å². The van der Waals surface area contributed by atoms with Crippen LogP contribution in [0.2, 0.25) is 0 Å². The van der Waals surface area contributed by atoms with Crippen LogP contribution in [0.1, 0.15) is 36.2 Å². The Morgan fingerprint density at radius 1 is 1.24 bits per heavy atom. The van der Waals surface area contributed by atoms with Crippen LogP contribution in [-0.4, -0.2) is 33.9 Å². The molecule has 0 atom stereocenters. The van der Waals surface area contributed by atoms with Crippen molar-refractivity contribution < 1.29 is 14.1 Å². The molecule has 0 bridgehead atoms. The minimum absolute atomic E-state index is 0.0702. The lowest BCUT2D eigenvalue weighted by Gasteiger charge is -2.21. The van der Waals surface area contributed by atoms with Crippen LogP contribution in [0.4, 0.5) is 17.3 Å². The Labute approximate surface area is 143 Å². The van der Waals surface area contributed by atoms with E-state index in [-0.39, 0.29) is 23.1 Å². The Hall–Kier alpha value is -3.17. The molecule has 1 fully saturated rings. The molecule has 3 rings (SSSR count). The number of amides is 1. The molecule has 3 heterocycles. The van der Waals surface area contributed by atoms with Crippen LogP contribution in [0, 0.1) is 10.1 Å². The van der Waals surface area contributed by atoms with Gasteiger partial charge in [-0.1, -0.05) is 12.8 Å². The number of rotatable bonds is 5. The number of carbonyl (C=O) groups excluding carboxylic acids is 1. The highest BCUT2D eigenvalue weighted by molar-refractivity contribution is 5.92. The third-order valence-corrected chi connectivity index (χ3v) is 3.93. The van der Waals surface area contributed by atoms with Gasteiger partial charge in [0.05, 0.1) is 11.2 Å². The lowest BCUT2D eigenvalue weighted by Crippen LogP contribution is -2.31. The number of aromatic nitrogens is 2. The van der Waals surface area contributed by atoms with E-state index in [1.165, 1.54) is 18.7 Å². The largest absolute Gasteiger partial charge is 0.459 e. The highest BCUT2D eigenvalue weighted by Crippen LogP contribution is 2.32. The molecular weight excluding hydrogens is 328 g/mol. The normalized spacial score (nSPS) is 14.6. The molecule has 0 aliphatic carbocycles. The number of nitrogens with zero attached hydrogens (tertiary/aromatic N) is 4. The van der Waals surface area contributed by atoms with E-state index in [4.69, 9.17) is 4.42 Å². The van der Waals surface area contributed by atoms with Crippen LogP contribution in [0.5, 0.6) is 0 Å². The topological polar surface area (TPSA) is 126 Å². The Morgan fingerprint density at radius 2 is 2.00 bits per heavy atom. The maximum atomic E-state index is 11.9. The van der Waals surface area contributed by atoms with Crippen LogP contribution in [-0.2, 0) is 0 Å². The number of nitro groups is 1. The molecule has 0 spiro atoms.